The van der Waals surface area contributed by atoms with Gasteiger partial charge in [-0.3, -0.25) is 10.2 Å². The molecule has 0 saturated heterocycles. The van der Waals surface area contributed by atoms with Gasteiger partial charge >= 0.3 is 0 Å². The molecule has 3 aromatic carbocycles. The second kappa shape index (κ2) is 11.3. The number of nitrogens with one attached hydrogen (secondary N) is 3. The van der Waals surface area contributed by atoms with E-state index in [9.17, 15) is 9.90 Å². The molecule has 0 aliphatic heterocycles. The van der Waals surface area contributed by atoms with Gasteiger partial charge < -0.3 is 15.0 Å². The Morgan fingerprint density at radius 2 is 1.68 bits per heavy atom. The summed E-state index contributed by atoms with van der Waals surface area (Å²) in [5.41, 5.74) is 7.40. The maximum Gasteiger partial charge on any atom is 0.199 e. The molecule has 38 heavy (non-hydrogen) atoms. The van der Waals surface area contributed by atoms with Crippen molar-refractivity contribution in [2.24, 2.45) is 0 Å². The van der Waals surface area contributed by atoms with E-state index in [2.05, 4.69) is 15.4 Å². The van der Waals surface area contributed by atoms with E-state index < -0.39 is 0 Å². The molecular formula is C29H28N4O4S. The summed E-state index contributed by atoms with van der Waals surface area (Å²) in [7, 11) is 4.03. The number of benzene rings is 3. The van der Waals surface area contributed by atoms with Crippen LogP contribution in [0.5, 0.6) is 5.88 Å². The van der Waals surface area contributed by atoms with Crippen molar-refractivity contribution in [3.8, 4) is 28.3 Å². The molecule has 0 spiro atoms. The van der Waals surface area contributed by atoms with E-state index in [1.807, 2.05) is 80.8 Å². The third kappa shape index (κ3) is 5.28. The van der Waals surface area contributed by atoms with Gasteiger partial charge in [-0.1, -0.05) is 54.6 Å². The standard InChI is InChI=1S/C29H28N4O4S/c1-33(2)16-6-15-31-36-37-38-21-12-9-19(10-13-21)27-25-24(29(35)32-27)26(30)22-14-11-20(17-23(22)28(25)34)18-7-4-3-5-8-18/h3-5,7-14,17,30-32,35H,6,15-16H2,1-2H3. The topological polar surface area (TPSA) is 111 Å². The molecule has 1 aromatic heterocycles. The second-order valence-electron chi connectivity index (χ2n) is 9.24. The number of H-pyrrole nitrogens is 1. The fourth-order valence-corrected chi connectivity index (χ4v) is 4.88. The van der Waals surface area contributed by atoms with Gasteiger partial charge in [0, 0.05) is 22.6 Å². The first kappa shape index (κ1) is 25.9. The molecule has 1 heterocycles. The zero-order valence-electron chi connectivity index (χ0n) is 21.1. The summed E-state index contributed by atoms with van der Waals surface area (Å²) in [4.78, 5) is 24.5. The average molecular weight is 529 g/mol. The van der Waals surface area contributed by atoms with Crippen LogP contribution in [0.1, 0.15) is 33.5 Å². The van der Waals surface area contributed by atoms with Crippen molar-refractivity contribution in [1.82, 2.24) is 15.4 Å². The summed E-state index contributed by atoms with van der Waals surface area (Å²) in [5, 5.41) is 19.4. The first-order chi connectivity index (χ1) is 18.4. The molecule has 0 saturated carbocycles. The normalized spacial score (nSPS) is 12.6. The lowest BCUT2D eigenvalue weighted by molar-refractivity contribution is -0.244. The Labute approximate surface area is 225 Å². The molecule has 9 heteroatoms. The highest BCUT2D eigenvalue weighted by atomic mass is 32.2. The number of aromatic hydroxyl groups is 1. The molecule has 0 bridgehead atoms. The molecule has 4 N–H and O–H groups in total. The van der Waals surface area contributed by atoms with E-state index in [-0.39, 0.29) is 22.9 Å². The smallest absolute Gasteiger partial charge is 0.199 e. The average Bonchev–Trinajstić information content (AvgIpc) is 3.29. The summed E-state index contributed by atoms with van der Waals surface area (Å²) in [6.45, 7) is 1.61. The van der Waals surface area contributed by atoms with Crippen molar-refractivity contribution < 1.29 is 19.2 Å². The van der Waals surface area contributed by atoms with Gasteiger partial charge in [0.1, 0.15) is 0 Å². The number of carbonyl (C=O) groups excluding carboxylic acids is 1. The number of rotatable bonds is 10. The summed E-state index contributed by atoms with van der Waals surface area (Å²) in [6.07, 6.45) is 0.928. The highest BCUT2D eigenvalue weighted by molar-refractivity contribution is 7.94. The maximum atomic E-state index is 13.7. The largest absolute Gasteiger partial charge is 0.494 e. The fraction of sp³-hybridized carbons (Fsp3) is 0.172. The zero-order chi connectivity index (χ0) is 26.6. The summed E-state index contributed by atoms with van der Waals surface area (Å²) >= 11 is 1.06. The van der Waals surface area contributed by atoms with Crippen molar-refractivity contribution >= 4 is 23.5 Å². The van der Waals surface area contributed by atoms with Crippen molar-refractivity contribution in [3.05, 3.63) is 95.1 Å². The Kier molecular flexibility index (Phi) is 7.73. The van der Waals surface area contributed by atoms with Crippen LogP contribution < -0.4 is 5.48 Å². The zero-order valence-corrected chi connectivity index (χ0v) is 21.9. The monoisotopic (exact) mass is 528 g/mol. The van der Waals surface area contributed by atoms with Crippen LogP contribution in [0.3, 0.4) is 0 Å². The van der Waals surface area contributed by atoms with Crippen molar-refractivity contribution in [2.45, 2.75) is 11.3 Å². The molecule has 0 radical (unpaired) electrons. The van der Waals surface area contributed by atoms with Crippen LogP contribution in [-0.2, 0) is 9.32 Å². The summed E-state index contributed by atoms with van der Waals surface area (Å²) in [5.74, 6) is -0.424. The fourth-order valence-electron chi connectivity index (χ4n) is 4.47. The van der Waals surface area contributed by atoms with Gasteiger partial charge in [0.05, 0.1) is 34.6 Å². The van der Waals surface area contributed by atoms with Crippen LogP contribution in [0.2, 0.25) is 0 Å². The third-order valence-electron chi connectivity index (χ3n) is 6.35. The SMILES string of the molecule is CN(C)CCCNOOSc1ccc(-c2[nH]c(O)c3c2C(=O)c2cc(-c4ccccc4)ccc2C3=N)cc1. The number of aromatic nitrogens is 1. The summed E-state index contributed by atoms with van der Waals surface area (Å²) < 4.78 is 5.15. The minimum Gasteiger partial charge on any atom is -0.494 e. The maximum absolute atomic E-state index is 13.7. The number of hydrogen-bond donors (Lipinski definition) is 4. The van der Waals surface area contributed by atoms with Gasteiger partial charge in [-0.15, -0.1) is 9.32 Å². The van der Waals surface area contributed by atoms with Crippen LogP contribution in [0.25, 0.3) is 22.4 Å². The third-order valence-corrected chi connectivity index (χ3v) is 6.95. The number of nitrogens with zero attached hydrogens (tertiary/aromatic N) is 1. The van der Waals surface area contributed by atoms with E-state index in [1.54, 1.807) is 6.07 Å². The number of hydroxylamine groups is 1. The van der Waals surface area contributed by atoms with Crippen molar-refractivity contribution in [2.75, 3.05) is 27.2 Å². The number of fused-ring (bicyclic) bond motifs is 2. The molecule has 8 nitrogen and oxygen atoms in total. The molecule has 0 unspecified atom stereocenters. The molecule has 1 aliphatic carbocycles. The van der Waals surface area contributed by atoms with Crippen molar-refractivity contribution in [1.29, 1.82) is 5.41 Å². The summed E-state index contributed by atoms with van der Waals surface area (Å²) in [6, 6.07) is 22.6. The Hall–Kier alpha value is -3.73. The molecular weight excluding hydrogens is 500 g/mol. The van der Waals surface area contributed by atoms with E-state index in [0.29, 0.717) is 34.5 Å². The van der Waals surface area contributed by atoms with Gasteiger partial charge in [0.25, 0.3) is 0 Å². The Bertz CT molecular complexity index is 1470. The molecule has 0 amide bonds. The van der Waals surface area contributed by atoms with E-state index in [1.165, 1.54) is 0 Å². The minimum absolute atomic E-state index is 0.116. The second-order valence-corrected chi connectivity index (χ2v) is 10.0. The van der Waals surface area contributed by atoms with Gasteiger partial charge in [-0.05, 0) is 62.0 Å². The van der Waals surface area contributed by atoms with Crippen LogP contribution >= 0.6 is 12.0 Å². The number of carbonyl (C=O) groups is 1. The van der Waals surface area contributed by atoms with Gasteiger partial charge in [0.2, 0.25) is 0 Å². The van der Waals surface area contributed by atoms with E-state index in [0.717, 1.165) is 41.0 Å². The lowest BCUT2D eigenvalue weighted by Gasteiger charge is -2.19. The predicted molar refractivity (Wildman–Crippen MR) is 148 cm³/mol. The van der Waals surface area contributed by atoms with Gasteiger partial charge in [-0.2, -0.15) is 5.48 Å². The van der Waals surface area contributed by atoms with Gasteiger partial charge in [0.15, 0.2) is 11.7 Å². The molecule has 1 aliphatic rings. The highest BCUT2D eigenvalue weighted by Crippen LogP contribution is 2.40. The Balaban J connectivity index is 1.34. The molecule has 0 atom stereocenters. The number of aromatic amines is 1. The minimum atomic E-state index is -0.231. The molecule has 194 valence electrons. The molecule has 4 aromatic rings. The number of ketones is 1. The van der Waals surface area contributed by atoms with Crippen LogP contribution in [0.15, 0.2) is 77.7 Å². The lowest BCUT2D eigenvalue weighted by atomic mass is 9.82. The Morgan fingerprint density at radius 1 is 0.947 bits per heavy atom. The first-order valence-corrected chi connectivity index (χ1v) is 12.9. The van der Waals surface area contributed by atoms with E-state index in [4.69, 9.17) is 14.7 Å². The number of hydrogen-bond acceptors (Lipinski definition) is 8. The van der Waals surface area contributed by atoms with Crippen LogP contribution in [0.4, 0.5) is 0 Å². The Morgan fingerprint density at radius 3 is 2.42 bits per heavy atom. The van der Waals surface area contributed by atoms with Gasteiger partial charge in [-0.25, -0.2) is 0 Å². The van der Waals surface area contributed by atoms with E-state index >= 15 is 0 Å². The molecule has 5 rings (SSSR count). The molecule has 0 fully saturated rings. The highest BCUT2D eigenvalue weighted by Gasteiger charge is 2.34. The van der Waals surface area contributed by atoms with Crippen LogP contribution in [-0.4, -0.2) is 53.7 Å². The van der Waals surface area contributed by atoms with Crippen molar-refractivity contribution in [3.63, 3.8) is 0 Å². The predicted octanol–water partition coefficient (Wildman–Crippen LogP) is 5.43. The first-order valence-electron chi connectivity index (χ1n) is 12.2. The lowest BCUT2D eigenvalue weighted by Crippen LogP contribution is -2.21. The quantitative estimate of drug-likeness (QED) is 0.0828. The van der Waals surface area contributed by atoms with Crippen LogP contribution in [0, 0.1) is 5.41 Å².